The van der Waals surface area contributed by atoms with Crippen molar-refractivity contribution in [3.05, 3.63) is 65.7 Å². The van der Waals surface area contributed by atoms with Crippen LogP contribution in [0.15, 0.2) is 54.6 Å². The van der Waals surface area contributed by atoms with Crippen LogP contribution in [0.1, 0.15) is 22.0 Å². The van der Waals surface area contributed by atoms with E-state index in [2.05, 4.69) is 5.32 Å². The minimum Gasteiger partial charge on any atom is -0.497 e. The molecule has 4 heteroatoms. The van der Waals surface area contributed by atoms with E-state index in [0.717, 1.165) is 5.56 Å². The number of aliphatic hydroxyl groups is 1. The van der Waals surface area contributed by atoms with E-state index in [4.69, 9.17) is 9.84 Å². The molecular weight excluding hydrogens is 266 g/mol. The molecule has 0 radical (unpaired) electrons. The van der Waals surface area contributed by atoms with E-state index in [1.54, 1.807) is 31.4 Å². The molecule has 0 aliphatic rings. The van der Waals surface area contributed by atoms with Crippen molar-refractivity contribution in [2.75, 3.05) is 20.3 Å². The predicted octanol–water partition coefficient (Wildman–Crippen LogP) is 2.20. The zero-order valence-electron chi connectivity index (χ0n) is 12.0. The molecule has 0 aliphatic heterocycles. The van der Waals surface area contributed by atoms with Gasteiger partial charge in [0.1, 0.15) is 5.75 Å². The summed E-state index contributed by atoms with van der Waals surface area (Å²) in [6, 6.07) is 16.1. The maximum absolute atomic E-state index is 12.7. The number of aliphatic hydroxyl groups excluding tert-OH is 1. The summed E-state index contributed by atoms with van der Waals surface area (Å²) in [7, 11) is 1.59. The molecule has 4 nitrogen and oxygen atoms in total. The number of Topliss-reactive ketones (excluding diaryl/α,β-unsaturated/α-hetero) is 1. The highest BCUT2D eigenvalue weighted by Gasteiger charge is 2.21. The Bertz CT molecular complexity index is 566. The molecule has 0 unspecified atom stereocenters. The van der Waals surface area contributed by atoms with E-state index < -0.39 is 6.04 Å². The van der Waals surface area contributed by atoms with Gasteiger partial charge in [-0.05, 0) is 29.8 Å². The number of carbonyl (C=O) groups excluding carboxylic acids is 1. The Morgan fingerprint density at radius 3 is 2.38 bits per heavy atom. The van der Waals surface area contributed by atoms with Crippen LogP contribution in [-0.2, 0) is 0 Å². The Balaban J connectivity index is 2.24. The van der Waals surface area contributed by atoms with Crippen molar-refractivity contribution in [2.24, 2.45) is 0 Å². The average Bonchev–Trinajstić information content (AvgIpc) is 2.56. The Morgan fingerprint density at radius 2 is 1.81 bits per heavy atom. The summed E-state index contributed by atoms with van der Waals surface area (Å²) < 4.78 is 5.10. The number of hydrogen-bond donors (Lipinski definition) is 2. The lowest BCUT2D eigenvalue weighted by atomic mass is 9.97. The van der Waals surface area contributed by atoms with Gasteiger partial charge in [-0.25, -0.2) is 0 Å². The number of ketones is 1. The van der Waals surface area contributed by atoms with Crippen molar-refractivity contribution in [3.63, 3.8) is 0 Å². The zero-order valence-corrected chi connectivity index (χ0v) is 12.0. The first-order valence-corrected chi connectivity index (χ1v) is 6.83. The monoisotopic (exact) mass is 285 g/mol. The van der Waals surface area contributed by atoms with Gasteiger partial charge >= 0.3 is 0 Å². The van der Waals surface area contributed by atoms with E-state index in [0.29, 0.717) is 17.9 Å². The van der Waals surface area contributed by atoms with Crippen molar-refractivity contribution < 1.29 is 14.6 Å². The highest BCUT2D eigenvalue weighted by atomic mass is 16.5. The van der Waals surface area contributed by atoms with Gasteiger partial charge in [0, 0.05) is 12.1 Å². The Kier molecular flexibility index (Phi) is 5.49. The second-order valence-corrected chi connectivity index (χ2v) is 4.61. The van der Waals surface area contributed by atoms with Gasteiger partial charge in [-0.3, -0.25) is 4.79 Å². The predicted molar refractivity (Wildman–Crippen MR) is 81.6 cm³/mol. The molecule has 110 valence electrons. The van der Waals surface area contributed by atoms with Gasteiger partial charge in [0.25, 0.3) is 0 Å². The van der Waals surface area contributed by atoms with Crippen LogP contribution in [0, 0.1) is 0 Å². The average molecular weight is 285 g/mol. The maximum atomic E-state index is 12.7. The lowest BCUT2D eigenvalue weighted by molar-refractivity contribution is 0.0940. The fourth-order valence-electron chi connectivity index (χ4n) is 2.14. The molecule has 0 bridgehead atoms. The SMILES string of the molecule is COc1ccc(C(=O)[C@H](NCCO)c2ccccc2)cc1. The Labute approximate surface area is 124 Å². The molecule has 0 amide bonds. The highest BCUT2D eigenvalue weighted by Crippen LogP contribution is 2.20. The van der Waals surface area contributed by atoms with Crippen LogP contribution in [0.25, 0.3) is 0 Å². The molecule has 0 saturated carbocycles. The normalized spacial score (nSPS) is 11.9. The van der Waals surface area contributed by atoms with E-state index in [9.17, 15) is 4.79 Å². The summed E-state index contributed by atoms with van der Waals surface area (Å²) in [5.74, 6) is 0.684. The third-order valence-corrected chi connectivity index (χ3v) is 3.23. The van der Waals surface area contributed by atoms with Crippen molar-refractivity contribution in [1.29, 1.82) is 0 Å². The molecule has 2 rings (SSSR count). The largest absolute Gasteiger partial charge is 0.497 e. The smallest absolute Gasteiger partial charge is 0.184 e. The van der Waals surface area contributed by atoms with Gasteiger partial charge in [0.05, 0.1) is 19.8 Å². The summed E-state index contributed by atoms with van der Waals surface area (Å²) in [5, 5.41) is 12.1. The van der Waals surface area contributed by atoms with Crippen LogP contribution >= 0.6 is 0 Å². The van der Waals surface area contributed by atoms with Gasteiger partial charge < -0.3 is 15.2 Å². The minimum atomic E-state index is -0.466. The molecule has 0 heterocycles. The first-order valence-electron chi connectivity index (χ1n) is 6.83. The summed E-state index contributed by atoms with van der Waals surface area (Å²) >= 11 is 0. The minimum absolute atomic E-state index is 0.0147. The van der Waals surface area contributed by atoms with E-state index >= 15 is 0 Å². The standard InChI is InChI=1S/C17H19NO3/c1-21-15-9-7-14(8-10-15)17(20)16(18-11-12-19)13-5-3-2-4-6-13/h2-10,16,18-19H,11-12H2,1H3/t16-/m1/s1. The van der Waals surface area contributed by atoms with Crippen molar-refractivity contribution in [3.8, 4) is 5.75 Å². The lowest BCUT2D eigenvalue weighted by Crippen LogP contribution is -2.31. The van der Waals surface area contributed by atoms with Crippen LogP contribution in [0.2, 0.25) is 0 Å². The number of methoxy groups -OCH3 is 1. The molecule has 0 spiro atoms. The summed E-state index contributed by atoms with van der Waals surface area (Å²) in [6.45, 7) is 0.348. The van der Waals surface area contributed by atoms with Crippen molar-refractivity contribution >= 4 is 5.78 Å². The molecule has 0 saturated heterocycles. The summed E-state index contributed by atoms with van der Waals surface area (Å²) in [5.41, 5.74) is 1.49. The fourth-order valence-corrected chi connectivity index (χ4v) is 2.14. The van der Waals surface area contributed by atoms with Crippen LogP contribution in [0.3, 0.4) is 0 Å². The molecule has 0 aromatic heterocycles. The molecule has 2 aromatic carbocycles. The third kappa shape index (κ3) is 3.90. The topological polar surface area (TPSA) is 58.6 Å². The number of hydrogen-bond acceptors (Lipinski definition) is 4. The number of ether oxygens (including phenoxy) is 1. The molecule has 2 N–H and O–H groups in total. The number of carbonyl (C=O) groups is 1. The Morgan fingerprint density at radius 1 is 1.14 bits per heavy atom. The van der Waals surface area contributed by atoms with E-state index in [-0.39, 0.29) is 12.4 Å². The first kappa shape index (κ1) is 15.2. The van der Waals surface area contributed by atoms with E-state index in [1.807, 2.05) is 30.3 Å². The lowest BCUT2D eigenvalue weighted by Gasteiger charge is -2.18. The van der Waals surface area contributed by atoms with Crippen molar-refractivity contribution in [2.45, 2.75) is 6.04 Å². The highest BCUT2D eigenvalue weighted by molar-refractivity contribution is 6.00. The zero-order chi connectivity index (χ0) is 15.1. The first-order chi connectivity index (χ1) is 10.3. The molecule has 2 aromatic rings. The van der Waals surface area contributed by atoms with Gasteiger partial charge in [0.2, 0.25) is 0 Å². The quantitative estimate of drug-likeness (QED) is 0.766. The van der Waals surface area contributed by atoms with Gasteiger partial charge in [-0.1, -0.05) is 30.3 Å². The van der Waals surface area contributed by atoms with Gasteiger partial charge in [-0.2, -0.15) is 0 Å². The summed E-state index contributed by atoms with van der Waals surface area (Å²) in [4.78, 5) is 12.7. The second kappa shape index (κ2) is 7.57. The third-order valence-electron chi connectivity index (χ3n) is 3.23. The fraction of sp³-hybridized carbons (Fsp3) is 0.235. The van der Waals surface area contributed by atoms with Crippen molar-refractivity contribution in [1.82, 2.24) is 5.32 Å². The molecule has 0 fully saturated rings. The van der Waals surface area contributed by atoms with Gasteiger partial charge in [-0.15, -0.1) is 0 Å². The molecule has 21 heavy (non-hydrogen) atoms. The number of rotatable bonds is 7. The molecule has 0 aliphatic carbocycles. The Hall–Kier alpha value is -2.17. The second-order valence-electron chi connectivity index (χ2n) is 4.61. The number of nitrogens with one attached hydrogen (secondary N) is 1. The maximum Gasteiger partial charge on any atom is 0.184 e. The molecule has 1 atom stereocenters. The summed E-state index contributed by atoms with van der Waals surface area (Å²) in [6.07, 6.45) is 0. The van der Waals surface area contributed by atoms with Crippen LogP contribution in [0.4, 0.5) is 0 Å². The van der Waals surface area contributed by atoms with Gasteiger partial charge in [0.15, 0.2) is 5.78 Å². The van der Waals surface area contributed by atoms with E-state index in [1.165, 1.54) is 0 Å². The number of benzene rings is 2. The van der Waals surface area contributed by atoms with Crippen LogP contribution in [-0.4, -0.2) is 31.2 Å². The van der Waals surface area contributed by atoms with Crippen LogP contribution < -0.4 is 10.1 Å². The van der Waals surface area contributed by atoms with Crippen LogP contribution in [0.5, 0.6) is 5.75 Å². The molecular formula is C17H19NO3.